The highest BCUT2D eigenvalue weighted by atomic mass is 16.6. The minimum atomic E-state index is -1.49. The molecule has 2 aromatic carbocycles. The molecule has 2 aromatic rings. The van der Waals surface area contributed by atoms with E-state index in [1.807, 2.05) is 13.0 Å². The van der Waals surface area contributed by atoms with Crippen molar-refractivity contribution < 1.29 is 28.6 Å². The van der Waals surface area contributed by atoms with E-state index in [9.17, 15) is 19.6 Å². The minimum absolute atomic E-state index is 0.0324. The van der Waals surface area contributed by atoms with Gasteiger partial charge in [-0.05, 0) is 50.6 Å². The van der Waals surface area contributed by atoms with E-state index in [4.69, 9.17) is 14.2 Å². The highest BCUT2D eigenvalue weighted by molar-refractivity contribution is 6.00. The zero-order valence-electron chi connectivity index (χ0n) is 19.2. The van der Waals surface area contributed by atoms with Crippen LogP contribution in [0.4, 0.5) is 5.69 Å². The number of rotatable bonds is 10. The van der Waals surface area contributed by atoms with Crippen molar-refractivity contribution in [2.45, 2.75) is 26.7 Å². The number of amides is 1. The second-order valence-electron chi connectivity index (χ2n) is 7.24. The summed E-state index contributed by atoms with van der Waals surface area (Å²) in [6, 6.07) is 15.5. The van der Waals surface area contributed by atoms with E-state index in [0.29, 0.717) is 17.0 Å². The van der Waals surface area contributed by atoms with Crippen LogP contribution in [0, 0.1) is 30.1 Å². The average Bonchev–Trinajstić information content (AvgIpc) is 2.80. The molecule has 2 atom stereocenters. The normalized spacial score (nSPS) is 12.2. The molecule has 2 rings (SSSR count). The number of carbonyl (C=O) groups is 3. The zero-order valence-corrected chi connectivity index (χ0v) is 19.2. The van der Waals surface area contributed by atoms with Gasteiger partial charge in [-0.1, -0.05) is 29.8 Å². The summed E-state index contributed by atoms with van der Waals surface area (Å²) < 4.78 is 15.4. The van der Waals surface area contributed by atoms with Gasteiger partial charge in [-0.3, -0.25) is 14.4 Å². The molecule has 0 aliphatic heterocycles. The molecular weight excluding hydrogens is 424 g/mol. The van der Waals surface area contributed by atoms with Crippen LogP contribution in [-0.2, 0) is 23.9 Å². The Kier molecular flexibility index (Phi) is 9.43. The molecule has 1 N–H and O–H groups in total. The molecule has 2 unspecified atom stereocenters. The highest BCUT2D eigenvalue weighted by Crippen LogP contribution is 2.35. The van der Waals surface area contributed by atoms with Gasteiger partial charge in [0.05, 0.1) is 26.4 Å². The summed E-state index contributed by atoms with van der Waals surface area (Å²) in [6.45, 7) is 5.17. The van der Waals surface area contributed by atoms with Crippen molar-refractivity contribution in [3.63, 3.8) is 0 Å². The molecule has 33 heavy (non-hydrogen) atoms. The molecule has 174 valence electrons. The molecule has 0 aliphatic rings. The molecular formula is C25H28N2O6. The van der Waals surface area contributed by atoms with Crippen molar-refractivity contribution in [1.29, 1.82) is 5.26 Å². The molecule has 0 radical (unpaired) electrons. The van der Waals surface area contributed by atoms with E-state index in [2.05, 4.69) is 5.32 Å². The van der Waals surface area contributed by atoms with E-state index in [1.165, 1.54) is 7.11 Å². The molecule has 0 heterocycles. The number of nitriles is 1. The maximum absolute atomic E-state index is 13.2. The third kappa shape index (κ3) is 6.56. The van der Waals surface area contributed by atoms with Gasteiger partial charge in [-0.25, -0.2) is 0 Å². The number of anilines is 1. The number of esters is 2. The molecule has 0 bridgehead atoms. The number of hydrogen-bond donors (Lipinski definition) is 1. The van der Waals surface area contributed by atoms with Gasteiger partial charge in [0, 0.05) is 11.6 Å². The Labute approximate surface area is 193 Å². The first-order chi connectivity index (χ1) is 15.9. The molecule has 0 saturated heterocycles. The van der Waals surface area contributed by atoms with Gasteiger partial charge in [0.1, 0.15) is 11.7 Å². The first-order valence-electron chi connectivity index (χ1n) is 10.6. The van der Waals surface area contributed by atoms with E-state index in [0.717, 1.165) is 5.56 Å². The first-order valence-corrected chi connectivity index (χ1v) is 10.6. The lowest BCUT2D eigenvalue weighted by Gasteiger charge is -2.27. The molecule has 0 spiro atoms. The number of methoxy groups -OCH3 is 1. The van der Waals surface area contributed by atoms with Crippen LogP contribution in [0.1, 0.15) is 30.9 Å². The third-order valence-corrected chi connectivity index (χ3v) is 5.04. The number of ether oxygens (including phenoxy) is 3. The Balaban J connectivity index is 2.51. The summed E-state index contributed by atoms with van der Waals surface area (Å²) in [5, 5.41) is 12.7. The van der Waals surface area contributed by atoms with Crippen molar-refractivity contribution in [2.75, 3.05) is 25.6 Å². The maximum Gasteiger partial charge on any atom is 0.321 e. The topological polar surface area (TPSA) is 115 Å². The van der Waals surface area contributed by atoms with Gasteiger partial charge in [0.15, 0.2) is 5.92 Å². The van der Waals surface area contributed by atoms with Crippen LogP contribution in [0.2, 0.25) is 0 Å². The first kappa shape index (κ1) is 25.4. The number of carbonyl (C=O) groups excluding carboxylic acids is 3. The lowest BCUT2D eigenvalue weighted by atomic mass is 9.76. The Morgan fingerprint density at radius 1 is 0.939 bits per heavy atom. The summed E-state index contributed by atoms with van der Waals surface area (Å²) in [6.07, 6.45) is 0. The molecule has 8 nitrogen and oxygen atoms in total. The van der Waals surface area contributed by atoms with Crippen molar-refractivity contribution in [3.8, 4) is 11.8 Å². The van der Waals surface area contributed by atoms with Crippen LogP contribution in [-0.4, -0.2) is 38.2 Å². The largest absolute Gasteiger partial charge is 0.497 e. The van der Waals surface area contributed by atoms with E-state index >= 15 is 0 Å². The minimum Gasteiger partial charge on any atom is -0.497 e. The Morgan fingerprint density at radius 3 is 1.94 bits per heavy atom. The maximum atomic E-state index is 13.2. The van der Waals surface area contributed by atoms with Gasteiger partial charge >= 0.3 is 11.9 Å². The van der Waals surface area contributed by atoms with Gasteiger partial charge in [-0.15, -0.1) is 0 Å². The molecule has 0 saturated carbocycles. The van der Waals surface area contributed by atoms with Crippen molar-refractivity contribution in [1.82, 2.24) is 0 Å². The predicted molar refractivity (Wildman–Crippen MR) is 121 cm³/mol. The average molecular weight is 453 g/mol. The third-order valence-electron chi connectivity index (χ3n) is 5.04. The Morgan fingerprint density at radius 2 is 1.48 bits per heavy atom. The summed E-state index contributed by atoms with van der Waals surface area (Å²) in [7, 11) is 1.52. The summed E-state index contributed by atoms with van der Waals surface area (Å²) in [5.74, 6) is -5.74. The SMILES string of the molecule is CCOC(=O)C(C(=O)OCC)C(c1ccc(C)cc1)C(C#N)C(=O)Nc1ccc(OC)cc1. The molecule has 0 fully saturated rings. The predicted octanol–water partition coefficient (Wildman–Crippen LogP) is 3.61. The van der Waals surface area contributed by atoms with Crippen LogP contribution in [0.3, 0.4) is 0 Å². The van der Waals surface area contributed by atoms with E-state index in [1.54, 1.807) is 62.4 Å². The number of nitrogens with zero attached hydrogens (tertiary/aromatic N) is 1. The number of nitrogens with one attached hydrogen (secondary N) is 1. The van der Waals surface area contributed by atoms with Crippen LogP contribution >= 0.6 is 0 Å². The van der Waals surface area contributed by atoms with Crippen molar-refractivity contribution in [2.24, 2.45) is 11.8 Å². The lowest BCUT2D eigenvalue weighted by molar-refractivity contribution is -0.163. The van der Waals surface area contributed by atoms with Crippen LogP contribution in [0.25, 0.3) is 0 Å². The number of benzene rings is 2. The fourth-order valence-corrected chi connectivity index (χ4v) is 3.42. The fraction of sp³-hybridized carbons (Fsp3) is 0.360. The number of hydrogen-bond acceptors (Lipinski definition) is 7. The number of aryl methyl sites for hydroxylation is 1. The second kappa shape index (κ2) is 12.2. The molecule has 0 aromatic heterocycles. The van der Waals surface area contributed by atoms with Crippen molar-refractivity contribution >= 4 is 23.5 Å². The van der Waals surface area contributed by atoms with Gasteiger partial charge in [0.25, 0.3) is 0 Å². The molecule has 1 amide bonds. The summed E-state index contributed by atoms with van der Waals surface area (Å²) >= 11 is 0. The second-order valence-corrected chi connectivity index (χ2v) is 7.24. The van der Waals surface area contributed by atoms with Crippen molar-refractivity contribution in [3.05, 3.63) is 59.7 Å². The van der Waals surface area contributed by atoms with Crippen LogP contribution in [0.5, 0.6) is 5.75 Å². The standard InChI is InChI=1S/C25H28N2O6/c1-5-32-24(29)22(25(30)33-6-2)21(17-9-7-16(3)8-10-17)20(15-26)23(28)27-18-11-13-19(31-4)14-12-18/h7-14,20-22H,5-6H2,1-4H3,(H,27,28). The van der Waals surface area contributed by atoms with Gasteiger partial charge in [0.2, 0.25) is 5.91 Å². The summed E-state index contributed by atoms with van der Waals surface area (Å²) in [5.41, 5.74) is 1.85. The van der Waals surface area contributed by atoms with E-state index in [-0.39, 0.29) is 13.2 Å². The lowest BCUT2D eigenvalue weighted by Crippen LogP contribution is -2.40. The van der Waals surface area contributed by atoms with Gasteiger partial charge in [-0.2, -0.15) is 5.26 Å². The quantitative estimate of drug-likeness (QED) is 0.432. The fourth-order valence-electron chi connectivity index (χ4n) is 3.42. The van der Waals surface area contributed by atoms with Crippen LogP contribution < -0.4 is 10.1 Å². The molecule has 0 aliphatic carbocycles. The smallest absolute Gasteiger partial charge is 0.321 e. The zero-order chi connectivity index (χ0) is 24.4. The summed E-state index contributed by atoms with van der Waals surface area (Å²) in [4.78, 5) is 38.8. The van der Waals surface area contributed by atoms with Crippen LogP contribution in [0.15, 0.2) is 48.5 Å². The highest BCUT2D eigenvalue weighted by Gasteiger charge is 2.45. The van der Waals surface area contributed by atoms with E-state index < -0.39 is 35.6 Å². The monoisotopic (exact) mass is 452 g/mol. The molecule has 8 heteroatoms. The Hall–Kier alpha value is -3.86. The van der Waals surface area contributed by atoms with Gasteiger partial charge < -0.3 is 19.5 Å². The Bertz CT molecular complexity index is 977.